The minimum absolute atomic E-state index is 0.401. The van der Waals surface area contributed by atoms with Gasteiger partial charge in [0.1, 0.15) is 0 Å². The Morgan fingerprint density at radius 3 is 2.86 bits per heavy atom. The van der Waals surface area contributed by atoms with E-state index in [1.54, 1.807) is 7.11 Å². The van der Waals surface area contributed by atoms with Crippen LogP contribution in [0.3, 0.4) is 0 Å². The molecular weight excluding hydrogens is 289 g/mol. The second-order valence-corrected chi connectivity index (χ2v) is 4.46. The Labute approximate surface area is 99.2 Å². The summed E-state index contributed by atoms with van der Waals surface area (Å²) in [4.78, 5) is 0. The number of nitrogens with one attached hydrogen (secondary N) is 1. The maximum Gasteiger partial charge on any atom is 0.0663 e. The van der Waals surface area contributed by atoms with E-state index in [2.05, 4.69) is 59.1 Å². The van der Waals surface area contributed by atoms with Crippen molar-refractivity contribution in [3.8, 4) is 0 Å². The highest BCUT2D eigenvalue weighted by Gasteiger charge is 2.04. The van der Waals surface area contributed by atoms with Gasteiger partial charge in [-0.25, -0.2) is 0 Å². The molecule has 2 nitrogen and oxygen atoms in total. The van der Waals surface area contributed by atoms with E-state index in [0.29, 0.717) is 6.04 Å². The molecule has 1 N–H and O–H groups in total. The van der Waals surface area contributed by atoms with Crippen LogP contribution in [0.4, 0.5) is 5.69 Å². The molecule has 1 aromatic carbocycles. The molecule has 0 bridgehead atoms. The number of hydrogen-bond donors (Lipinski definition) is 1. The number of ether oxygens (including phenoxy) is 1. The quantitative estimate of drug-likeness (QED) is 0.844. The number of halogens is 1. The van der Waals surface area contributed by atoms with Gasteiger partial charge in [0, 0.05) is 22.4 Å². The van der Waals surface area contributed by atoms with E-state index in [4.69, 9.17) is 4.74 Å². The first-order valence-corrected chi connectivity index (χ1v) is 5.85. The van der Waals surface area contributed by atoms with Gasteiger partial charge in [-0.1, -0.05) is 13.0 Å². The summed E-state index contributed by atoms with van der Waals surface area (Å²) in [5.41, 5.74) is 1.17. The summed E-state index contributed by atoms with van der Waals surface area (Å²) in [7, 11) is 1.74. The molecule has 0 aromatic heterocycles. The Bertz CT molecular complexity index is 278. The summed E-state index contributed by atoms with van der Waals surface area (Å²) in [6.45, 7) is 2.91. The molecule has 0 saturated heterocycles. The molecule has 0 radical (unpaired) electrons. The fraction of sp³-hybridized carbons (Fsp3) is 0.455. The van der Waals surface area contributed by atoms with Gasteiger partial charge in [-0.05, 0) is 47.2 Å². The smallest absolute Gasteiger partial charge is 0.0663 e. The highest BCUT2D eigenvalue weighted by Crippen LogP contribution is 2.14. The molecule has 0 aliphatic rings. The Balaban J connectivity index is 2.57. The van der Waals surface area contributed by atoms with E-state index in [-0.39, 0.29) is 0 Å². The minimum Gasteiger partial charge on any atom is -0.383 e. The fourth-order valence-corrected chi connectivity index (χ4v) is 1.82. The molecule has 1 atom stereocenters. The van der Waals surface area contributed by atoms with Crippen LogP contribution in [-0.2, 0) is 4.74 Å². The second-order valence-electron chi connectivity index (χ2n) is 3.22. The molecule has 14 heavy (non-hydrogen) atoms. The zero-order valence-electron chi connectivity index (χ0n) is 8.59. The summed E-state index contributed by atoms with van der Waals surface area (Å²) in [5, 5.41) is 3.44. The van der Waals surface area contributed by atoms with Crippen molar-refractivity contribution in [3.63, 3.8) is 0 Å². The van der Waals surface area contributed by atoms with Gasteiger partial charge in [-0.3, -0.25) is 0 Å². The van der Waals surface area contributed by atoms with Crippen LogP contribution in [-0.4, -0.2) is 19.8 Å². The molecule has 3 heteroatoms. The molecule has 0 heterocycles. The standard InChI is InChI=1S/C11H16INO/c1-3-10(8-14-2)13-11-6-4-5-9(12)7-11/h4-7,10,13H,3,8H2,1-2H3. The molecule has 0 aliphatic heterocycles. The fourth-order valence-electron chi connectivity index (χ4n) is 1.28. The topological polar surface area (TPSA) is 21.3 Å². The molecule has 1 aromatic rings. The van der Waals surface area contributed by atoms with Crippen LogP contribution >= 0.6 is 22.6 Å². The molecule has 1 unspecified atom stereocenters. The molecule has 78 valence electrons. The van der Waals surface area contributed by atoms with Crippen molar-refractivity contribution in [2.24, 2.45) is 0 Å². The van der Waals surface area contributed by atoms with Crippen LogP contribution in [0.15, 0.2) is 24.3 Å². The third kappa shape index (κ3) is 3.84. The zero-order chi connectivity index (χ0) is 10.4. The van der Waals surface area contributed by atoms with Gasteiger partial charge in [-0.2, -0.15) is 0 Å². The predicted molar refractivity (Wildman–Crippen MR) is 68.7 cm³/mol. The molecule has 0 spiro atoms. The lowest BCUT2D eigenvalue weighted by Gasteiger charge is -2.17. The van der Waals surface area contributed by atoms with Gasteiger partial charge in [0.25, 0.3) is 0 Å². The Kier molecular flexibility index (Phi) is 5.25. The minimum atomic E-state index is 0.401. The van der Waals surface area contributed by atoms with Crippen LogP contribution in [0.5, 0.6) is 0 Å². The molecule has 1 rings (SSSR count). The first-order valence-electron chi connectivity index (χ1n) is 4.77. The molecule has 0 aliphatic carbocycles. The van der Waals surface area contributed by atoms with Crippen LogP contribution in [0.25, 0.3) is 0 Å². The molecule has 0 fully saturated rings. The second kappa shape index (κ2) is 6.24. The third-order valence-corrected chi connectivity index (χ3v) is 2.73. The lowest BCUT2D eigenvalue weighted by molar-refractivity contribution is 0.184. The van der Waals surface area contributed by atoms with Crippen molar-refractivity contribution in [1.29, 1.82) is 0 Å². The van der Waals surface area contributed by atoms with Crippen molar-refractivity contribution in [2.45, 2.75) is 19.4 Å². The Hall–Kier alpha value is -0.290. The Morgan fingerprint density at radius 1 is 1.50 bits per heavy atom. The van der Waals surface area contributed by atoms with Crippen LogP contribution in [0.2, 0.25) is 0 Å². The SMILES string of the molecule is CCC(COC)Nc1cccc(I)c1. The Morgan fingerprint density at radius 2 is 2.29 bits per heavy atom. The average Bonchev–Trinajstić information content (AvgIpc) is 2.17. The van der Waals surface area contributed by atoms with Crippen molar-refractivity contribution < 1.29 is 4.74 Å². The number of benzene rings is 1. The zero-order valence-corrected chi connectivity index (χ0v) is 10.7. The van der Waals surface area contributed by atoms with Crippen LogP contribution in [0.1, 0.15) is 13.3 Å². The molecule has 0 saturated carbocycles. The summed E-state index contributed by atoms with van der Waals surface area (Å²) in [6, 6.07) is 8.77. The van der Waals surface area contributed by atoms with E-state index < -0.39 is 0 Å². The highest BCUT2D eigenvalue weighted by molar-refractivity contribution is 14.1. The lowest BCUT2D eigenvalue weighted by Crippen LogP contribution is -2.23. The first-order chi connectivity index (χ1) is 6.76. The van der Waals surface area contributed by atoms with Crippen molar-refractivity contribution in [1.82, 2.24) is 0 Å². The van der Waals surface area contributed by atoms with Crippen LogP contribution in [0, 0.1) is 3.57 Å². The lowest BCUT2D eigenvalue weighted by atomic mass is 10.2. The van der Waals surface area contributed by atoms with Crippen LogP contribution < -0.4 is 5.32 Å². The van der Waals surface area contributed by atoms with Gasteiger partial charge in [0.05, 0.1) is 6.61 Å². The summed E-state index contributed by atoms with van der Waals surface area (Å²) in [5.74, 6) is 0. The maximum atomic E-state index is 5.13. The van der Waals surface area contributed by atoms with Crippen molar-refractivity contribution >= 4 is 28.3 Å². The monoisotopic (exact) mass is 305 g/mol. The highest BCUT2D eigenvalue weighted by atomic mass is 127. The first kappa shape index (κ1) is 11.8. The van der Waals surface area contributed by atoms with E-state index in [1.807, 2.05) is 0 Å². The number of methoxy groups -OCH3 is 1. The van der Waals surface area contributed by atoms with Gasteiger partial charge >= 0.3 is 0 Å². The van der Waals surface area contributed by atoms with Gasteiger partial charge < -0.3 is 10.1 Å². The molecule has 0 amide bonds. The maximum absolute atomic E-state index is 5.13. The number of anilines is 1. The van der Waals surface area contributed by atoms with Crippen molar-refractivity contribution in [3.05, 3.63) is 27.8 Å². The normalized spacial score (nSPS) is 12.5. The third-order valence-electron chi connectivity index (χ3n) is 2.06. The average molecular weight is 305 g/mol. The van der Waals surface area contributed by atoms with E-state index in [0.717, 1.165) is 13.0 Å². The predicted octanol–water partition coefficient (Wildman–Crippen LogP) is 3.13. The summed E-state index contributed by atoms with van der Waals surface area (Å²) >= 11 is 2.31. The number of hydrogen-bond acceptors (Lipinski definition) is 2. The largest absolute Gasteiger partial charge is 0.383 e. The van der Waals surface area contributed by atoms with Crippen molar-refractivity contribution in [2.75, 3.05) is 19.0 Å². The van der Waals surface area contributed by atoms with Gasteiger partial charge in [0.15, 0.2) is 0 Å². The van der Waals surface area contributed by atoms with Gasteiger partial charge in [0.2, 0.25) is 0 Å². The number of rotatable bonds is 5. The van der Waals surface area contributed by atoms with Gasteiger partial charge in [-0.15, -0.1) is 0 Å². The molecular formula is C11H16INO. The van der Waals surface area contributed by atoms with E-state index in [1.165, 1.54) is 9.26 Å². The summed E-state index contributed by atoms with van der Waals surface area (Å²) in [6.07, 6.45) is 1.07. The van der Waals surface area contributed by atoms with E-state index >= 15 is 0 Å². The van der Waals surface area contributed by atoms with E-state index in [9.17, 15) is 0 Å². The summed E-state index contributed by atoms with van der Waals surface area (Å²) < 4.78 is 6.38.